The Morgan fingerprint density at radius 1 is 1.10 bits per heavy atom. The van der Waals surface area contributed by atoms with E-state index < -0.39 is 17.9 Å². The number of amides is 3. The molecule has 4 rings (SSSR count). The van der Waals surface area contributed by atoms with E-state index in [4.69, 9.17) is 0 Å². The monoisotopic (exact) mass is 453 g/mol. The molecule has 6 nitrogen and oxygen atoms in total. The Labute approximate surface area is 188 Å². The van der Waals surface area contributed by atoms with Crippen molar-refractivity contribution in [2.75, 3.05) is 0 Å². The number of carbonyl (C=O) groups excluding carboxylic acids is 3. The topological polar surface area (TPSA) is 79.4 Å². The number of nitrogens with one attached hydrogen (secondary N) is 1. The van der Waals surface area contributed by atoms with Crippen molar-refractivity contribution >= 4 is 40.4 Å². The maximum absolute atomic E-state index is 13.1. The molecule has 160 valence electrons. The summed E-state index contributed by atoms with van der Waals surface area (Å²) in [6, 6.07) is 9.84. The first kappa shape index (κ1) is 21.4. The van der Waals surface area contributed by atoms with Gasteiger partial charge in [0.25, 0.3) is 11.8 Å². The Morgan fingerprint density at radius 2 is 1.77 bits per heavy atom. The molecule has 31 heavy (non-hydrogen) atoms. The number of aromatic nitrogens is 1. The summed E-state index contributed by atoms with van der Waals surface area (Å²) < 4.78 is 0. The maximum atomic E-state index is 13.1. The van der Waals surface area contributed by atoms with E-state index in [2.05, 4.69) is 10.3 Å². The summed E-state index contributed by atoms with van der Waals surface area (Å²) >= 11 is 3.17. The normalized spacial score (nSPS) is 14.3. The number of thiophene rings is 1. The smallest absolute Gasteiger partial charge is 0.262 e. The maximum Gasteiger partial charge on any atom is 0.262 e. The van der Waals surface area contributed by atoms with Crippen molar-refractivity contribution in [2.45, 2.75) is 39.8 Å². The summed E-state index contributed by atoms with van der Waals surface area (Å²) in [5.74, 6) is -0.985. The van der Waals surface area contributed by atoms with Crippen LogP contribution in [0.25, 0.3) is 10.6 Å². The second-order valence-corrected chi connectivity index (χ2v) is 10.1. The molecule has 3 aromatic rings. The number of benzene rings is 1. The van der Waals surface area contributed by atoms with Crippen molar-refractivity contribution in [2.24, 2.45) is 5.92 Å². The molecule has 2 aromatic heterocycles. The molecule has 1 aliphatic rings. The molecule has 1 aliphatic heterocycles. The predicted octanol–water partition coefficient (Wildman–Crippen LogP) is 4.51. The van der Waals surface area contributed by atoms with E-state index in [0.29, 0.717) is 24.1 Å². The van der Waals surface area contributed by atoms with Crippen LogP contribution in [0.5, 0.6) is 0 Å². The fraction of sp³-hybridized carbons (Fsp3) is 0.304. The van der Waals surface area contributed by atoms with Gasteiger partial charge in [0, 0.05) is 10.3 Å². The lowest BCUT2D eigenvalue weighted by atomic mass is 10.0. The van der Waals surface area contributed by atoms with Crippen LogP contribution in [0.3, 0.4) is 0 Å². The molecule has 0 unspecified atom stereocenters. The Balaban J connectivity index is 1.49. The number of carbonyl (C=O) groups is 3. The molecule has 8 heteroatoms. The average molecular weight is 454 g/mol. The van der Waals surface area contributed by atoms with Crippen molar-refractivity contribution < 1.29 is 14.4 Å². The molecule has 1 aromatic carbocycles. The predicted molar refractivity (Wildman–Crippen MR) is 122 cm³/mol. The van der Waals surface area contributed by atoms with Crippen LogP contribution in [0.1, 0.15) is 50.9 Å². The molecule has 3 heterocycles. The van der Waals surface area contributed by atoms with Crippen LogP contribution in [-0.2, 0) is 11.3 Å². The molecule has 1 atom stereocenters. The molecule has 0 saturated carbocycles. The Hall–Kier alpha value is -2.84. The summed E-state index contributed by atoms with van der Waals surface area (Å²) in [5.41, 5.74) is 1.65. The quantitative estimate of drug-likeness (QED) is 0.534. The van der Waals surface area contributed by atoms with E-state index in [0.717, 1.165) is 25.4 Å². The zero-order valence-corrected chi connectivity index (χ0v) is 19.2. The number of nitrogens with zero attached hydrogens (tertiary/aromatic N) is 2. The number of hydrogen-bond acceptors (Lipinski definition) is 6. The lowest BCUT2D eigenvalue weighted by Gasteiger charge is -2.26. The van der Waals surface area contributed by atoms with Gasteiger partial charge in [0.2, 0.25) is 5.91 Å². The highest BCUT2D eigenvalue weighted by Crippen LogP contribution is 2.30. The van der Waals surface area contributed by atoms with Gasteiger partial charge in [-0.15, -0.1) is 22.7 Å². The van der Waals surface area contributed by atoms with Gasteiger partial charge in [-0.2, -0.15) is 0 Å². The summed E-state index contributed by atoms with van der Waals surface area (Å²) in [4.78, 5) is 46.5. The first-order valence-corrected chi connectivity index (χ1v) is 11.8. The molecule has 0 radical (unpaired) electrons. The van der Waals surface area contributed by atoms with Crippen LogP contribution < -0.4 is 5.32 Å². The van der Waals surface area contributed by atoms with Crippen LogP contribution in [0, 0.1) is 12.8 Å². The minimum absolute atomic E-state index is 0.140. The zero-order valence-electron chi connectivity index (χ0n) is 17.5. The van der Waals surface area contributed by atoms with Gasteiger partial charge in [0.05, 0.1) is 33.3 Å². The van der Waals surface area contributed by atoms with Gasteiger partial charge in [-0.05, 0) is 43.5 Å². The second kappa shape index (κ2) is 8.72. The largest absolute Gasteiger partial charge is 0.349 e. The molecular weight excluding hydrogens is 430 g/mol. The van der Waals surface area contributed by atoms with E-state index in [1.54, 1.807) is 46.9 Å². The van der Waals surface area contributed by atoms with Gasteiger partial charge >= 0.3 is 0 Å². The van der Waals surface area contributed by atoms with E-state index in [1.165, 1.54) is 0 Å². The third-order valence-corrected chi connectivity index (χ3v) is 6.99. The van der Waals surface area contributed by atoms with Crippen molar-refractivity contribution in [3.8, 4) is 10.6 Å². The lowest BCUT2D eigenvalue weighted by Crippen LogP contribution is -2.50. The fourth-order valence-corrected chi connectivity index (χ4v) is 5.24. The molecular formula is C23H23N3O3S2. The second-order valence-electron chi connectivity index (χ2n) is 7.91. The van der Waals surface area contributed by atoms with Crippen molar-refractivity contribution in [1.82, 2.24) is 15.2 Å². The van der Waals surface area contributed by atoms with Crippen LogP contribution in [-0.4, -0.2) is 33.6 Å². The third-order valence-electron chi connectivity index (χ3n) is 5.10. The molecule has 0 fully saturated rings. The van der Waals surface area contributed by atoms with Crippen molar-refractivity contribution in [3.05, 3.63) is 62.8 Å². The SMILES string of the molecule is Cc1nc(-c2ccc(CNC(=O)[C@H](CC(C)C)N3C(=O)c4ccccc4C3=O)s2)cs1. The van der Waals surface area contributed by atoms with E-state index in [9.17, 15) is 14.4 Å². The Bertz CT molecular complexity index is 1110. The first-order valence-electron chi connectivity index (χ1n) is 10.1. The summed E-state index contributed by atoms with van der Waals surface area (Å²) in [6.07, 6.45) is 0.408. The standard InChI is InChI=1S/C23H23N3O3S2/c1-13(2)10-19(26-22(28)16-6-4-5-7-17(16)23(26)29)21(27)24-11-15-8-9-20(31-15)18-12-30-14(3)25-18/h4-9,12-13,19H,10-11H2,1-3H3,(H,24,27)/t19-/m0/s1. The number of imide groups is 1. The summed E-state index contributed by atoms with van der Waals surface area (Å²) in [5, 5.41) is 5.95. The highest BCUT2D eigenvalue weighted by atomic mass is 32.1. The highest BCUT2D eigenvalue weighted by Gasteiger charge is 2.42. The van der Waals surface area contributed by atoms with Gasteiger partial charge in [0.1, 0.15) is 6.04 Å². The minimum atomic E-state index is -0.840. The van der Waals surface area contributed by atoms with E-state index >= 15 is 0 Å². The number of rotatable bonds is 7. The first-order chi connectivity index (χ1) is 14.8. The van der Waals surface area contributed by atoms with E-state index in [1.807, 2.05) is 38.3 Å². The number of hydrogen-bond donors (Lipinski definition) is 1. The van der Waals surface area contributed by atoms with Crippen LogP contribution in [0.4, 0.5) is 0 Å². The van der Waals surface area contributed by atoms with Gasteiger partial charge in [-0.1, -0.05) is 26.0 Å². The fourth-order valence-electron chi connectivity index (χ4n) is 3.65. The van der Waals surface area contributed by atoms with Gasteiger partial charge in [-0.3, -0.25) is 19.3 Å². The molecule has 0 bridgehead atoms. The molecule has 3 amide bonds. The molecule has 0 spiro atoms. The highest BCUT2D eigenvalue weighted by molar-refractivity contribution is 7.16. The molecule has 0 aliphatic carbocycles. The average Bonchev–Trinajstić information content (AvgIpc) is 3.44. The molecule has 1 N–H and O–H groups in total. The van der Waals surface area contributed by atoms with Crippen LogP contribution >= 0.6 is 22.7 Å². The van der Waals surface area contributed by atoms with Gasteiger partial charge in [0.15, 0.2) is 0 Å². The third kappa shape index (κ3) is 4.31. The Morgan fingerprint density at radius 3 is 2.35 bits per heavy atom. The van der Waals surface area contributed by atoms with Gasteiger partial charge < -0.3 is 5.32 Å². The minimum Gasteiger partial charge on any atom is -0.349 e. The summed E-state index contributed by atoms with van der Waals surface area (Å²) in [7, 11) is 0. The number of fused-ring (bicyclic) bond motifs is 1. The lowest BCUT2D eigenvalue weighted by molar-refractivity contribution is -0.125. The van der Waals surface area contributed by atoms with Crippen molar-refractivity contribution in [3.63, 3.8) is 0 Å². The Kier molecular flexibility index (Phi) is 6.02. The molecule has 0 saturated heterocycles. The van der Waals surface area contributed by atoms with E-state index in [-0.39, 0.29) is 11.8 Å². The van der Waals surface area contributed by atoms with Crippen LogP contribution in [0.15, 0.2) is 41.8 Å². The summed E-state index contributed by atoms with van der Waals surface area (Å²) in [6.45, 7) is 6.25. The van der Waals surface area contributed by atoms with Crippen LogP contribution in [0.2, 0.25) is 0 Å². The number of aryl methyl sites for hydroxylation is 1. The van der Waals surface area contributed by atoms with Crippen molar-refractivity contribution in [1.29, 1.82) is 0 Å². The zero-order chi connectivity index (χ0) is 22.1. The van der Waals surface area contributed by atoms with Gasteiger partial charge in [-0.25, -0.2) is 4.98 Å². The number of thiazole rings is 1.